The highest BCUT2D eigenvalue weighted by molar-refractivity contribution is 5.96. The summed E-state index contributed by atoms with van der Waals surface area (Å²) in [5, 5.41) is 2.94. The summed E-state index contributed by atoms with van der Waals surface area (Å²) >= 11 is 0. The molecule has 27 heavy (non-hydrogen) atoms. The molecule has 5 nitrogen and oxygen atoms in total. The van der Waals surface area contributed by atoms with Crippen molar-refractivity contribution in [3.8, 4) is 17.2 Å². The van der Waals surface area contributed by atoms with E-state index in [1.165, 1.54) is 0 Å². The summed E-state index contributed by atoms with van der Waals surface area (Å²) in [7, 11) is 1.61. The molecule has 0 fully saturated rings. The summed E-state index contributed by atoms with van der Waals surface area (Å²) in [5.41, 5.74) is 1.47. The molecule has 2 aromatic rings. The Morgan fingerprint density at radius 1 is 1.04 bits per heavy atom. The first-order valence-electron chi connectivity index (χ1n) is 9.34. The van der Waals surface area contributed by atoms with Gasteiger partial charge in [0.25, 0.3) is 5.91 Å². The summed E-state index contributed by atoms with van der Waals surface area (Å²) in [6, 6.07) is 13.0. The molecule has 2 aromatic carbocycles. The van der Waals surface area contributed by atoms with Gasteiger partial charge < -0.3 is 19.5 Å². The summed E-state index contributed by atoms with van der Waals surface area (Å²) in [6.45, 7) is 7.80. The summed E-state index contributed by atoms with van der Waals surface area (Å²) in [4.78, 5) is 12.6. The topological polar surface area (TPSA) is 56.8 Å². The molecule has 0 aliphatic carbocycles. The number of ether oxygens (including phenoxy) is 3. The lowest BCUT2D eigenvalue weighted by molar-refractivity contribution is 0.0946. The van der Waals surface area contributed by atoms with Crippen molar-refractivity contribution in [1.29, 1.82) is 0 Å². The van der Waals surface area contributed by atoms with E-state index in [4.69, 9.17) is 14.2 Å². The minimum atomic E-state index is -0.167. The van der Waals surface area contributed by atoms with E-state index in [1.807, 2.05) is 36.4 Å². The predicted octanol–water partition coefficient (Wildman–Crippen LogP) is 4.45. The number of hydrogen-bond acceptors (Lipinski definition) is 4. The van der Waals surface area contributed by atoms with E-state index in [0.29, 0.717) is 48.5 Å². The Morgan fingerprint density at radius 2 is 1.81 bits per heavy atom. The van der Waals surface area contributed by atoms with Crippen molar-refractivity contribution in [3.05, 3.63) is 53.6 Å². The van der Waals surface area contributed by atoms with Gasteiger partial charge in [-0.1, -0.05) is 39.0 Å². The first-order chi connectivity index (χ1) is 13.0. The number of carbonyl (C=O) groups is 1. The molecule has 146 valence electrons. The summed E-state index contributed by atoms with van der Waals surface area (Å²) < 4.78 is 16.8. The lowest BCUT2D eigenvalue weighted by Crippen LogP contribution is -2.23. The van der Waals surface area contributed by atoms with Gasteiger partial charge in [-0.2, -0.15) is 0 Å². The van der Waals surface area contributed by atoms with Gasteiger partial charge in [0.15, 0.2) is 11.5 Å². The standard InChI is InChI=1S/C22H29NO4/c1-5-12-26-20-11-10-17(13-21(20)25-4)14-23-22(24)18-8-6-7-9-19(18)27-15-16(2)3/h6-11,13,16H,5,12,14-15H2,1-4H3,(H,23,24). The van der Waals surface area contributed by atoms with Crippen LogP contribution in [0.3, 0.4) is 0 Å². The predicted molar refractivity (Wildman–Crippen MR) is 107 cm³/mol. The fourth-order valence-corrected chi connectivity index (χ4v) is 2.47. The van der Waals surface area contributed by atoms with Crippen molar-refractivity contribution in [2.45, 2.75) is 33.7 Å². The average Bonchev–Trinajstić information content (AvgIpc) is 2.69. The monoisotopic (exact) mass is 371 g/mol. The number of methoxy groups -OCH3 is 1. The third-order valence-corrected chi connectivity index (χ3v) is 3.85. The quantitative estimate of drug-likeness (QED) is 0.670. The van der Waals surface area contributed by atoms with Gasteiger partial charge in [-0.3, -0.25) is 4.79 Å². The van der Waals surface area contributed by atoms with E-state index in [-0.39, 0.29) is 5.91 Å². The second-order valence-electron chi connectivity index (χ2n) is 6.72. The average molecular weight is 371 g/mol. The number of amides is 1. The molecule has 0 bridgehead atoms. The molecular weight excluding hydrogens is 342 g/mol. The first-order valence-corrected chi connectivity index (χ1v) is 9.34. The van der Waals surface area contributed by atoms with Crippen LogP contribution in [0.5, 0.6) is 17.2 Å². The SMILES string of the molecule is CCCOc1ccc(CNC(=O)c2ccccc2OCC(C)C)cc1OC. The molecule has 1 amide bonds. The molecule has 0 radical (unpaired) electrons. The van der Waals surface area contributed by atoms with Crippen LogP contribution < -0.4 is 19.5 Å². The largest absolute Gasteiger partial charge is 0.493 e. The number of hydrogen-bond donors (Lipinski definition) is 1. The maximum absolute atomic E-state index is 12.6. The highest BCUT2D eigenvalue weighted by Gasteiger charge is 2.13. The number of para-hydroxylation sites is 1. The fourth-order valence-electron chi connectivity index (χ4n) is 2.47. The van der Waals surface area contributed by atoms with E-state index in [1.54, 1.807) is 13.2 Å². The molecular formula is C22H29NO4. The molecule has 0 heterocycles. The molecule has 5 heteroatoms. The zero-order valence-corrected chi connectivity index (χ0v) is 16.6. The Bertz CT molecular complexity index is 743. The highest BCUT2D eigenvalue weighted by Crippen LogP contribution is 2.28. The van der Waals surface area contributed by atoms with E-state index >= 15 is 0 Å². The molecule has 1 N–H and O–H groups in total. The summed E-state index contributed by atoms with van der Waals surface area (Å²) in [6.07, 6.45) is 0.930. The number of nitrogens with one attached hydrogen (secondary N) is 1. The second-order valence-corrected chi connectivity index (χ2v) is 6.72. The van der Waals surface area contributed by atoms with E-state index < -0.39 is 0 Å². The van der Waals surface area contributed by atoms with Gasteiger partial charge in [-0.05, 0) is 42.2 Å². The second kappa shape index (κ2) is 10.5. The zero-order chi connectivity index (χ0) is 19.6. The third-order valence-electron chi connectivity index (χ3n) is 3.85. The van der Waals surface area contributed by atoms with Crippen LogP contribution in [0, 0.1) is 5.92 Å². The van der Waals surface area contributed by atoms with Gasteiger partial charge in [0.2, 0.25) is 0 Å². The van der Waals surface area contributed by atoms with Crippen LogP contribution in [0.1, 0.15) is 43.1 Å². The van der Waals surface area contributed by atoms with Crippen molar-refractivity contribution in [2.75, 3.05) is 20.3 Å². The van der Waals surface area contributed by atoms with Crippen molar-refractivity contribution in [2.24, 2.45) is 5.92 Å². The van der Waals surface area contributed by atoms with Gasteiger partial charge in [0, 0.05) is 6.54 Å². The van der Waals surface area contributed by atoms with Crippen molar-refractivity contribution >= 4 is 5.91 Å². The van der Waals surface area contributed by atoms with Crippen LogP contribution in [-0.2, 0) is 6.54 Å². The smallest absolute Gasteiger partial charge is 0.255 e. The Hall–Kier alpha value is -2.69. The lowest BCUT2D eigenvalue weighted by Gasteiger charge is -2.14. The van der Waals surface area contributed by atoms with Gasteiger partial charge in [0.05, 0.1) is 25.9 Å². The van der Waals surface area contributed by atoms with Gasteiger partial charge in [-0.25, -0.2) is 0 Å². The molecule has 0 spiro atoms. The fraction of sp³-hybridized carbons (Fsp3) is 0.409. The van der Waals surface area contributed by atoms with Crippen molar-refractivity contribution in [1.82, 2.24) is 5.32 Å². The van der Waals surface area contributed by atoms with Crippen molar-refractivity contribution in [3.63, 3.8) is 0 Å². The molecule has 0 unspecified atom stereocenters. The molecule has 0 atom stereocenters. The highest BCUT2D eigenvalue weighted by atomic mass is 16.5. The molecule has 0 aromatic heterocycles. The lowest BCUT2D eigenvalue weighted by atomic mass is 10.1. The van der Waals surface area contributed by atoms with Crippen LogP contribution in [0.2, 0.25) is 0 Å². The van der Waals surface area contributed by atoms with Crippen LogP contribution in [0.4, 0.5) is 0 Å². The van der Waals surface area contributed by atoms with Crippen LogP contribution in [0.15, 0.2) is 42.5 Å². The molecule has 0 saturated carbocycles. The molecule has 0 aliphatic rings. The molecule has 0 saturated heterocycles. The van der Waals surface area contributed by atoms with Crippen molar-refractivity contribution < 1.29 is 19.0 Å². The first kappa shape index (κ1) is 20.6. The van der Waals surface area contributed by atoms with E-state index in [0.717, 1.165) is 12.0 Å². The van der Waals surface area contributed by atoms with Crippen LogP contribution in [-0.4, -0.2) is 26.2 Å². The Morgan fingerprint density at radius 3 is 2.52 bits per heavy atom. The maximum atomic E-state index is 12.6. The summed E-state index contributed by atoms with van der Waals surface area (Å²) in [5.74, 6) is 2.20. The van der Waals surface area contributed by atoms with Crippen LogP contribution in [0.25, 0.3) is 0 Å². The van der Waals surface area contributed by atoms with Gasteiger partial charge >= 0.3 is 0 Å². The Kier molecular flexibility index (Phi) is 7.99. The number of rotatable bonds is 10. The number of benzene rings is 2. The van der Waals surface area contributed by atoms with Gasteiger partial charge in [-0.15, -0.1) is 0 Å². The Balaban J connectivity index is 2.03. The molecule has 0 aliphatic heterocycles. The normalized spacial score (nSPS) is 10.6. The van der Waals surface area contributed by atoms with E-state index in [2.05, 4.69) is 26.1 Å². The Labute approximate surface area is 161 Å². The maximum Gasteiger partial charge on any atom is 0.255 e. The van der Waals surface area contributed by atoms with E-state index in [9.17, 15) is 4.79 Å². The van der Waals surface area contributed by atoms with Gasteiger partial charge in [0.1, 0.15) is 5.75 Å². The zero-order valence-electron chi connectivity index (χ0n) is 16.6. The van der Waals surface area contributed by atoms with Crippen LogP contribution >= 0.6 is 0 Å². The molecule has 2 rings (SSSR count). The minimum absolute atomic E-state index is 0.167. The third kappa shape index (κ3) is 6.20. The minimum Gasteiger partial charge on any atom is -0.493 e. The number of carbonyl (C=O) groups excluding carboxylic acids is 1.